The van der Waals surface area contributed by atoms with Gasteiger partial charge in [-0.3, -0.25) is 4.79 Å². The van der Waals surface area contributed by atoms with Gasteiger partial charge >= 0.3 is 23.9 Å². The highest BCUT2D eigenvalue weighted by molar-refractivity contribution is 5.66. The number of alkyl halides is 6. The molecule has 0 aliphatic rings. The van der Waals surface area contributed by atoms with E-state index in [2.05, 4.69) is 0 Å². The minimum Gasteiger partial charge on any atom is -0.491 e. The van der Waals surface area contributed by atoms with Crippen LogP contribution in [0.3, 0.4) is 0 Å². The van der Waals surface area contributed by atoms with Crippen molar-refractivity contribution in [3.8, 4) is 17.6 Å². The summed E-state index contributed by atoms with van der Waals surface area (Å²) >= 11 is 0. The van der Waals surface area contributed by atoms with Crippen molar-refractivity contribution in [2.75, 3.05) is 6.61 Å². The molecule has 3 N–H and O–H groups in total. The van der Waals surface area contributed by atoms with E-state index in [1.54, 1.807) is 18.2 Å². The second kappa shape index (κ2) is 12.5. The number of carboxylic acid groups (broad SMARTS) is 1. The molecule has 0 aliphatic carbocycles. The van der Waals surface area contributed by atoms with Crippen LogP contribution in [-0.4, -0.2) is 52.0 Å². The summed E-state index contributed by atoms with van der Waals surface area (Å²) < 4.78 is 83.7. The highest BCUT2D eigenvalue weighted by atomic mass is 19.4. The molecule has 5 nitrogen and oxygen atoms in total. The molecule has 11 heteroatoms. The number of carboxylic acids is 1. The zero-order valence-electron chi connectivity index (χ0n) is 22.5. The van der Waals surface area contributed by atoms with Gasteiger partial charge in [0.05, 0.1) is 6.10 Å². The molecule has 0 spiro atoms. The van der Waals surface area contributed by atoms with Crippen molar-refractivity contribution < 1.29 is 51.2 Å². The van der Waals surface area contributed by atoms with E-state index < -0.39 is 35.4 Å². The molecule has 2 rings (SSSR count). The molecule has 0 amide bonds. The van der Waals surface area contributed by atoms with Crippen molar-refractivity contribution in [3.05, 3.63) is 64.2 Å². The van der Waals surface area contributed by atoms with Crippen LogP contribution in [0, 0.1) is 25.7 Å². The monoisotopic (exact) mass is 574 g/mol. The first kappa shape index (κ1) is 33.0. The molecule has 0 aromatic heterocycles. The van der Waals surface area contributed by atoms with Crippen molar-refractivity contribution in [1.29, 1.82) is 0 Å². The number of aliphatic hydroxyl groups is 2. The van der Waals surface area contributed by atoms with Crippen molar-refractivity contribution >= 4 is 5.97 Å². The Morgan fingerprint density at radius 2 is 1.45 bits per heavy atom. The quantitative estimate of drug-likeness (QED) is 0.232. The van der Waals surface area contributed by atoms with Crippen LogP contribution in [-0.2, 0) is 10.2 Å². The number of hydrogen-bond donors (Lipinski definition) is 3. The maximum atomic E-state index is 13.0. The highest BCUT2D eigenvalue weighted by Gasteiger charge is 2.70. The largest absolute Gasteiger partial charge is 0.491 e. The van der Waals surface area contributed by atoms with Gasteiger partial charge in [0.2, 0.25) is 0 Å². The number of rotatable bonds is 10. The van der Waals surface area contributed by atoms with E-state index in [4.69, 9.17) is 9.84 Å². The van der Waals surface area contributed by atoms with Crippen LogP contribution in [0.15, 0.2) is 36.4 Å². The molecule has 0 fully saturated rings. The Labute approximate surface area is 228 Å². The molecule has 40 heavy (non-hydrogen) atoms. The van der Waals surface area contributed by atoms with E-state index in [1.807, 2.05) is 38.8 Å². The standard InChI is InChI=1S/C29H32F6O5/c1-5-26(6-2,22-9-11-24(19(4)16-22)40-17-23(36)10-12-25(37)38)21-8-7-20(18(3)15-21)13-14-27(39,28(30,31)32)29(33,34)35/h7-9,11,15-16,23,36,39H,5-6,10,12,17H2,1-4H3,(H,37,38). The van der Waals surface area contributed by atoms with Gasteiger partial charge < -0.3 is 20.1 Å². The highest BCUT2D eigenvalue weighted by Crippen LogP contribution is 2.43. The predicted octanol–water partition coefficient (Wildman–Crippen LogP) is 6.22. The second-order valence-electron chi connectivity index (χ2n) is 9.65. The van der Waals surface area contributed by atoms with E-state index in [0.29, 0.717) is 24.2 Å². The fraction of sp³-hybridized carbons (Fsp3) is 0.483. The van der Waals surface area contributed by atoms with Crippen LogP contribution in [0.5, 0.6) is 5.75 Å². The summed E-state index contributed by atoms with van der Waals surface area (Å²) in [5, 5.41) is 28.0. The summed E-state index contributed by atoms with van der Waals surface area (Å²) in [5.74, 6) is 2.34. The zero-order chi connectivity index (χ0) is 30.5. The first-order valence-electron chi connectivity index (χ1n) is 12.6. The van der Waals surface area contributed by atoms with E-state index in [0.717, 1.165) is 22.6 Å². The first-order chi connectivity index (χ1) is 18.4. The fourth-order valence-electron chi connectivity index (χ4n) is 4.46. The van der Waals surface area contributed by atoms with Crippen molar-refractivity contribution in [2.45, 2.75) is 82.9 Å². The molecule has 1 atom stereocenters. The van der Waals surface area contributed by atoms with Crippen LogP contribution in [0.2, 0.25) is 0 Å². The molecule has 0 saturated carbocycles. The van der Waals surface area contributed by atoms with Gasteiger partial charge in [0.15, 0.2) is 0 Å². The minimum absolute atomic E-state index is 0.0483. The third kappa shape index (κ3) is 7.09. The summed E-state index contributed by atoms with van der Waals surface area (Å²) in [5.41, 5.74) is -3.02. The molecule has 0 bridgehead atoms. The Bertz CT molecular complexity index is 1240. The molecule has 0 saturated heterocycles. The first-order valence-corrected chi connectivity index (χ1v) is 12.6. The Morgan fingerprint density at radius 1 is 0.925 bits per heavy atom. The van der Waals surface area contributed by atoms with Gasteiger partial charge in [-0.05, 0) is 73.4 Å². The van der Waals surface area contributed by atoms with Crippen molar-refractivity contribution in [3.63, 3.8) is 0 Å². The van der Waals surface area contributed by atoms with Crippen LogP contribution in [0.25, 0.3) is 0 Å². The Hall–Kier alpha value is -3.23. The normalized spacial score (nSPS) is 13.4. The lowest BCUT2D eigenvalue weighted by Gasteiger charge is -2.34. The average Bonchev–Trinajstić information content (AvgIpc) is 2.86. The average molecular weight is 575 g/mol. The Balaban J connectivity index is 2.41. The van der Waals surface area contributed by atoms with Gasteiger partial charge in [-0.15, -0.1) is 0 Å². The lowest BCUT2D eigenvalue weighted by molar-refractivity contribution is -0.343. The molecule has 2 aromatic carbocycles. The number of aliphatic hydroxyl groups excluding tert-OH is 1. The number of aliphatic carboxylic acids is 1. The third-order valence-electron chi connectivity index (χ3n) is 7.03. The van der Waals surface area contributed by atoms with Crippen LogP contribution < -0.4 is 4.74 Å². The van der Waals surface area contributed by atoms with E-state index in [-0.39, 0.29) is 25.0 Å². The Kier molecular flexibility index (Phi) is 10.3. The number of halogens is 6. The van der Waals surface area contributed by atoms with Gasteiger partial charge in [-0.1, -0.05) is 44.0 Å². The zero-order valence-corrected chi connectivity index (χ0v) is 22.5. The lowest BCUT2D eigenvalue weighted by Crippen LogP contribution is -2.55. The SMILES string of the molecule is CCC(CC)(c1ccc(C#CC(O)(C(F)(F)F)C(F)(F)F)c(C)c1)c1ccc(OCC(O)CCC(=O)O)c(C)c1. The summed E-state index contributed by atoms with van der Waals surface area (Å²) in [4.78, 5) is 10.7. The topological polar surface area (TPSA) is 87.0 Å². The summed E-state index contributed by atoms with van der Waals surface area (Å²) in [6.07, 6.45) is -11.9. The number of hydrogen-bond acceptors (Lipinski definition) is 4. The lowest BCUT2D eigenvalue weighted by atomic mass is 9.70. The fourth-order valence-corrected chi connectivity index (χ4v) is 4.46. The number of aryl methyl sites for hydroxylation is 2. The summed E-state index contributed by atoms with van der Waals surface area (Å²) in [6.45, 7) is 7.15. The summed E-state index contributed by atoms with van der Waals surface area (Å²) in [7, 11) is 0. The number of ether oxygens (including phenoxy) is 1. The molecular weight excluding hydrogens is 542 g/mol. The van der Waals surface area contributed by atoms with Crippen LogP contribution in [0.1, 0.15) is 67.3 Å². The Morgan fingerprint density at radius 3 is 1.90 bits per heavy atom. The molecule has 1 unspecified atom stereocenters. The third-order valence-corrected chi connectivity index (χ3v) is 7.03. The molecule has 220 valence electrons. The predicted molar refractivity (Wildman–Crippen MR) is 136 cm³/mol. The smallest absolute Gasteiger partial charge is 0.438 e. The minimum atomic E-state index is -6.03. The molecule has 0 aliphatic heterocycles. The molecule has 0 heterocycles. The van der Waals surface area contributed by atoms with Crippen LogP contribution in [0.4, 0.5) is 26.3 Å². The van der Waals surface area contributed by atoms with E-state index in [9.17, 15) is 41.4 Å². The summed E-state index contributed by atoms with van der Waals surface area (Å²) in [6, 6.07) is 10.1. The van der Waals surface area contributed by atoms with Gasteiger partial charge in [-0.25, -0.2) is 0 Å². The molecule has 0 radical (unpaired) electrons. The van der Waals surface area contributed by atoms with Crippen molar-refractivity contribution in [1.82, 2.24) is 0 Å². The van der Waals surface area contributed by atoms with E-state index in [1.165, 1.54) is 13.0 Å². The van der Waals surface area contributed by atoms with Gasteiger partial charge in [-0.2, -0.15) is 26.3 Å². The second-order valence-corrected chi connectivity index (χ2v) is 9.65. The van der Waals surface area contributed by atoms with E-state index >= 15 is 0 Å². The van der Waals surface area contributed by atoms with Crippen LogP contribution >= 0.6 is 0 Å². The maximum Gasteiger partial charge on any atom is 0.438 e. The molecule has 2 aromatic rings. The van der Waals surface area contributed by atoms with Crippen molar-refractivity contribution in [2.24, 2.45) is 0 Å². The van der Waals surface area contributed by atoms with Gasteiger partial charge in [0, 0.05) is 17.4 Å². The number of carbonyl (C=O) groups is 1. The van der Waals surface area contributed by atoms with Gasteiger partial charge in [0.1, 0.15) is 12.4 Å². The number of benzene rings is 2. The van der Waals surface area contributed by atoms with Gasteiger partial charge in [0.25, 0.3) is 0 Å². The molecular formula is C29H32F6O5. The maximum absolute atomic E-state index is 13.0.